The Kier molecular flexibility index (Phi) is 5.55. The van der Waals surface area contributed by atoms with Crippen molar-refractivity contribution in [3.05, 3.63) is 59.7 Å². The molecule has 0 unspecified atom stereocenters. The van der Waals surface area contributed by atoms with Crippen molar-refractivity contribution >= 4 is 15.7 Å². The van der Waals surface area contributed by atoms with Crippen LogP contribution in [0.5, 0.6) is 5.75 Å². The van der Waals surface area contributed by atoms with Gasteiger partial charge in [0, 0.05) is 12.8 Å². The Bertz CT molecular complexity index is 868. The van der Waals surface area contributed by atoms with E-state index in [0.717, 1.165) is 11.8 Å². The fourth-order valence-corrected chi connectivity index (χ4v) is 2.54. The maximum atomic E-state index is 11.8. The molecule has 6 nitrogen and oxygen atoms in total. The van der Waals surface area contributed by atoms with E-state index < -0.39 is 9.84 Å². The first-order valence-electron chi connectivity index (χ1n) is 7.07. The minimum absolute atomic E-state index is 0.170. The average Bonchev–Trinajstić information content (AvgIpc) is 2.58. The molecule has 0 aliphatic carbocycles. The van der Waals surface area contributed by atoms with Gasteiger partial charge in [-0.2, -0.15) is 5.26 Å². The third-order valence-electron chi connectivity index (χ3n) is 3.17. The van der Waals surface area contributed by atoms with Gasteiger partial charge in [0.25, 0.3) is 5.91 Å². The van der Waals surface area contributed by atoms with Gasteiger partial charge in [0.2, 0.25) is 0 Å². The molecule has 1 N–H and O–H groups in total. The van der Waals surface area contributed by atoms with E-state index in [0.29, 0.717) is 11.3 Å². The van der Waals surface area contributed by atoms with Crippen LogP contribution in [0.2, 0.25) is 0 Å². The van der Waals surface area contributed by atoms with Crippen LogP contribution in [-0.2, 0) is 21.2 Å². The number of nitriles is 1. The van der Waals surface area contributed by atoms with E-state index in [4.69, 9.17) is 10.00 Å². The number of carbonyl (C=O) groups is 1. The lowest BCUT2D eigenvalue weighted by Crippen LogP contribution is -2.28. The Morgan fingerprint density at radius 2 is 1.92 bits per heavy atom. The molecule has 7 heteroatoms. The van der Waals surface area contributed by atoms with Gasteiger partial charge in [-0.05, 0) is 35.9 Å². The third kappa shape index (κ3) is 5.11. The molecule has 2 rings (SSSR count). The predicted octanol–water partition coefficient (Wildman–Crippen LogP) is 1.66. The second-order valence-corrected chi connectivity index (χ2v) is 7.14. The zero-order valence-electron chi connectivity index (χ0n) is 13.0. The SMILES string of the molecule is CS(=O)(=O)c1ccc(CNC(=O)COc2cccc(C#N)c2)cc1. The topological polar surface area (TPSA) is 96.3 Å². The maximum Gasteiger partial charge on any atom is 0.258 e. The molecule has 0 radical (unpaired) electrons. The summed E-state index contributed by atoms with van der Waals surface area (Å²) in [6.45, 7) is 0.0980. The summed E-state index contributed by atoms with van der Waals surface area (Å²) in [5.74, 6) is 0.131. The highest BCUT2D eigenvalue weighted by Crippen LogP contribution is 2.12. The summed E-state index contributed by atoms with van der Waals surface area (Å²) in [5.41, 5.74) is 1.24. The first-order valence-corrected chi connectivity index (χ1v) is 8.96. The van der Waals surface area contributed by atoms with Gasteiger partial charge in [-0.1, -0.05) is 18.2 Å². The first kappa shape index (κ1) is 17.5. The smallest absolute Gasteiger partial charge is 0.258 e. The average molecular weight is 344 g/mol. The molecule has 0 spiro atoms. The zero-order chi connectivity index (χ0) is 17.6. The molecule has 0 bridgehead atoms. The van der Waals surface area contributed by atoms with E-state index in [1.807, 2.05) is 6.07 Å². The number of carbonyl (C=O) groups excluding carboxylic acids is 1. The van der Waals surface area contributed by atoms with Crippen molar-refractivity contribution in [1.82, 2.24) is 5.32 Å². The van der Waals surface area contributed by atoms with Crippen LogP contribution >= 0.6 is 0 Å². The fourth-order valence-electron chi connectivity index (χ4n) is 1.91. The van der Waals surface area contributed by atoms with Crippen molar-refractivity contribution in [2.24, 2.45) is 0 Å². The highest BCUT2D eigenvalue weighted by molar-refractivity contribution is 7.90. The molecule has 0 aliphatic heterocycles. The summed E-state index contributed by atoms with van der Waals surface area (Å²) in [4.78, 5) is 12.0. The van der Waals surface area contributed by atoms with Crippen LogP contribution in [0.4, 0.5) is 0 Å². The molecule has 2 aromatic carbocycles. The number of hydrogen-bond donors (Lipinski definition) is 1. The Hall–Kier alpha value is -2.85. The van der Waals surface area contributed by atoms with E-state index >= 15 is 0 Å². The van der Waals surface area contributed by atoms with Gasteiger partial charge in [0.1, 0.15) is 5.75 Å². The number of sulfone groups is 1. The summed E-state index contributed by atoms with van der Waals surface area (Å²) >= 11 is 0. The van der Waals surface area contributed by atoms with Crippen LogP contribution in [0.25, 0.3) is 0 Å². The van der Waals surface area contributed by atoms with Gasteiger partial charge in [-0.15, -0.1) is 0 Å². The molecule has 0 fully saturated rings. The molecule has 0 aromatic heterocycles. The standard InChI is InChI=1S/C17H16N2O4S/c1-24(21,22)16-7-5-13(6-8-16)11-19-17(20)12-23-15-4-2-3-14(9-15)10-18/h2-9H,11-12H2,1H3,(H,19,20). The highest BCUT2D eigenvalue weighted by Gasteiger charge is 2.07. The number of amides is 1. The highest BCUT2D eigenvalue weighted by atomic mass is 32.2. The van der Waals surface area contributed by atoms with Gasteiger partial charge in [-0.25, -0.2) is 8.42 Å². The van der Waals surface area contributed by atoms with Crippen molar-refractivity contribution in [1.29, 1.82) is 5.26 Å². The van der Waals surface area contributed by atoms with Crippen LogP contribution in [0.3, 0.4) is 0 Å². The van der Waals surface area contributed by atoms with Crippen LogP contribution in [0.15, 0.2) is 53.4 Å². The molecule has 2 aromatic rings. The second-order valence-electron chi connectivity index (χ2n) is 5.12. The molecule has 24 heavy (non-hydrogen) atoms. The molecule has 0 heterocycles. The van der Waals surface area contributed by atoms with Crippen LogP contribution < -0.4 is 10.1 Å². The number of rotatable bonds is 6. The summed E-state index contributed by atoms with van der Waals surface area (Å²) in [6, 6.07) is 14.8. The maximum absolute atomic E-state index is 11.8. The summed E-state index contributed by atoms with van der Waals surface area (Å²) in [7, 11) is -3.23. The molecule has 0 aliphatic rings. The van der Waals surface area contributed by atoms with Crippen molar-refractivity contribution in [2.75, 3.05) is 12.9 Å². The van der Waals surface area contributed by atoms with Gasteiger partial charge >= 0.3 is 0 Å². The van der Waals surface area contributed by atoms with Crippen molar-refractivity contribution in [3.63, 3.8) is 0 Å². The number of nitrogens with one attached hydrogen (secondary N) is 1. The molecule has 124 valence electrons. The molecular formula is C17H16N2O4S. The van der Waals surface area contributed by atoms with E-state index in [1.165, 1.54) is 12.1 Å². The first-order chi connectivity index (χ1) is 11.4. The van der Waals surface area contributed by atoms with E-state index in [-0.39, 0.29) is 24.0 Å². The van der Waals surface area contributed by atoms with Crippen LogP contribution in [0, 0.1) is 11.3 Å². The zero-order valence-corrected chi connectivity index (χ0v) is 13.8. The molecular weight excluding hydrogens is 328 g/mol. The van der Waals surface area contributed by atoms with Crippen LogP contribution in [-0.4, -0.2) is 27.2 Å². The lowest BCUT2D eigenvalue weighted by molar-refractivity contribution is -0.123. The van der Waals surface area contributed by atoms with E-state index in [1.54, 1.807) is 36.4 Å². The lowest BCUT2D eigenvalue weighted by atomic mass is 10.2. The minimum atomic E-state index is -3.23. The second kappa shape index (κ2) is 7.62. The summed E-state index contributed by atoms with van der Waals surface area (Å²) in [6.07, 6.45) is 1.14. The van der Waals surface area contributed by atoms with Crippen molar-refractivity contribution in [3.8, 4) is 11.8 Å². The molecule has 1 amide bonds. The fraction of sp³-hybridized carbons (Fsp3) is 0.176. The van der Waals surface area contributed by atoms with Crippen molar-refractivity contribution < 1.29 is 17.9 Å². The van der Waals surface area contributed by atoms with E-state index in [2.05, 4.69) is 5.32 Å². The molecule has 0 saturated heterocycles. The third-order valence-corrected chi connectivity index (χ3v) is 4.30. The molecule has 0 atom stereocenters. The predicted molar refractivity (Wildman–Crippen MR) is 88.1 cm³/mol. The molecule has 0 saturated carbocycles. The van der Waals surface area contributed by atoms with Crippen molar-refractivity contribution in [2.45, 2.75) is 11.4 Å². The Labute approximate surface area is 140 Å². The number of hydrogen-bond acceptors (Lipinski definition) is 5. The Balaban J connectivity index is 1.84. The summed E-state index contributed by atoms with van der Waals surface area (Å²) in [5, 5.41) is 11.5. The van der Waals surface area contributed by atoms with Crippen LogP contribution in [0.1, 0.15) is 11.1 Å². The van der Waals surface area contributed by atoms with Gasteiger partial charge in [0.15, 0.2) is 16.4 Å². The monoisotopic (exact) mass is 344 g/mol. The van der Waals surface area contributed by atoms with Gasteiger partial charge < -0.3 is 10.1 Å². The lowest BCUT2D eigenvalue weighted by Gasteiger charge is -2.08. The minimum Gasteiger partial charge on any atom is -0.484 e. The van der Waals surface area contributed by atoms with Gasteiger partial charge in [0.05, 0.1) is 16.5 Å². The largest absolute Gasteiger partial charge is 0.484 e. The Morgan fingerprint density at radius 3 is 2.54 bits per heavy atom. The number of nitrogens with zero attached hydrogens (tertiary/aromatic N) is 1. The Morgan fingerprint density at radius 1 is 1.21 bits per heavy atom. The normalized spacial score (nSPS) is 10.7. The summed E-state index contributed by atoms with van der Waals surface area (Å²) < 4.78 is 28.1. The van der Waals surface area contributed by atoms with Gasteiger partial charge in [-0.3, -0.25) is 4.79 Å². The quantitative estimate of drug-likeness (QED) is 0.859. The van der Waals surface area contributed by atoms with E-state index in [9.17, 15) is 13.2 Å². The number of ether oxygens (including phenoxy) is 1. The number of benzene rings is 2.